The maximum atomic E-state index is 12.4. The molecule has 0 saturated heterocycles. The van der Waals surface area contributed by atoms with Crippen LogP contribution in [0.2, 0.25) is 0 Å². The number of ketones is 1. The number of benzene rings is 1. The number of ether oxygens (including phenoxy) is 1. The summed E-state index contributed by atoms with van der Waals surface area (Å²) in [5, 5.41) is 0. The molecule has 2 fully saturated rings. The molecule has 2 aliphatic rings. The number of halogens is 3. The molecule has 1 atom stereocenters. The van der Waals surface area contributed by atoms with Crippen molar-refractivity contribution in [2.24, 2.45) is 5.92 Å². The van der Waals surface area contributed by atoms with Gasteiger partial charge in [0, 0.05) is 17.4 Å². The number of Topliss-reactive ketones (excluding diaryl/α,β-unsaturated/α-hetero) is 1. The van der Waals surface area contributed by atoms with Crippen LogP contribution in [0.25, 0.3) is 4.85 Å². The Morgan fingerprint density at radius 1 is 1.00 bits per heavy atom. The number of carbonyl (C=O) groups is 2. The number of thioether (sulfide) groups is 1. The zero-order valence-electron chi connectivity index (χ0n) is 20.7. The van der Waals surface area contributed by atoms with Crippen LogP contribution in [0.1, 0.15) is 81.5 Å². The fourth-order valence-electron chi connectivity index (χ4n) is 3.80. The van der Waals surface area contributed by atoms with Gasteiger partial charge >= 0.3 is 28.5 Å². The van der Waals surface area contributed by atoms with Gasteiger partial charge in [0.15, 0.2) is 12.4 Å². The quantitative estimate of drug-likeness (QED) is 0.112. The molecular weight excluding hydrogens is 519 g/mol. The standard InChI is InChI=1S/C19H20F3NO3S.C5H10.2CH3.Fe/c1-18(23-2,12-26-17(25)14-5-3-4-6-14)11-16(24)13-7-9-15(10-8-13)27-19(20,21)22;1-2-4-5-3-1;;;/h7-10,14H,3-6,11-12H2,1H3;1-5H2;2*1H3;/q;;2*-1;+2. The number of hydrogen-bond donors (Lipinski definition) is 0. The van der Waals surface area contributed by atoms with Gasteiger partial charge in [0.05, 0.1) is 12.3 Å². The molecule has 0 heterocycles. The smallest absolute Gasteiger partial charge is 0.457 e. The minimum Gasteiger partial charge on any atom is -0.457 e. The second-order valence-corrected chi connectivity index (χ2v) is 9.78. The second-order valence-electron chi connectivity index (χ2n) is 8.64. The van der Waals surface area contributed by atoms with Gasteiger partial charge in [-0.15, -0.1) is 0 Å². The Kier molecular flexibility index (Phi) is 17.4. The predicted molar refractivity (Wildman–Crippen MR) is 131 cm³/mol. The summed E-state index contributed by atoms with van der Waals surface area (Å²) in [7, 11) is 0. The van der Waals surface area contributed by atoms with E-state index in [-0.39, 0.29) is 84.8 Å². The molecule has 1 aromatic rings. The van der Waals surface area contributed by atoms with Gasteiger partial charge in [0.25, 0.3) is 5.54 Å². The summed E-state index contributed by atoms with van der Waals surface area (Å²) < 4.78 is 42.3. The van der Waals surface area contributed by atoms with E-state index >= 15 is 0 Å². The molecule has 0 amide bonds. The molecule has 0 aliphatic heterocycles. The molecule has 1 unspecified atom stereocenters. The van der Waals surface area contributed by atoms with Crippen LogP contribution < -0.4 is 0 Å². The summed E-state index contributed by atoms with van der Waals surface area (Å²) in [6.45, 7) is 8.71. The van der Waals surface area contributed by atoms with Crippen LogP contribution >= 0.6 is 11.8 Å². The number of hydrogen-bond acceptors (Lipinski definition) is 4. The van der Waals surface area contributed by atoms with Gasteiger partial charge in [-0.3, -0.25) is 9.59 Å². The molecule has 3 rings (SSSR count). The van der Waals surface area contributed by atoms with Crippen molar-refractivity contribution in [1.29, 1.82) is 0 Å². The van der Waals surface area contributed by atoms with Crippen molar-refractivity contribution >= 4 is 23.5 Å². The average molecular weight is 555 g/mol. The van der Waals surface area contributed by atoms with E-state index < -0.39 is 11.0 Å². The Morgan fingerprint density at radius 2 is 1.49 bits per heavy atom. The van der Waals surface area contributed by atoms with Crippen molar-refractivity contribution in [1.82, 2.24) is 0 Å². The minimum absolute atomic E-state index is 0. The summed E-state index contributed by atoms with van der Waals surface area (Å²) in [5.41, 5.74) is -5.37. The van der Waals surface area contributed by atoms with Gasteiger partial charge in [-0.25, -0.2) is 6.57 Å². The third kappa shape index (κ3) is 13.4. The van der Waals surface area contributed by atoms with E-state index in [1.807, 2.05) is 0 Å². The Balaban J connectivity index is 0. The van der Waals surface area contributed by atoms with Crippen molar-refractivity contribution < 1.29 is 44.6 Å². The first kappa shape index (κ1) is 35.7. The van der Waals surface area contributed by atoms with E-state index in [1.54, 1.807) is 0 Å². The Morgan fingerprint density at radius 3 is 1.91 bits per heavy atom. The van der Waals surface area contributed by atoms with E-state index in [1.165, 1.54) is 63.3 Å². The van der Waals surface area contributed by atoms with E-state index in [2.05, 4.69) is 4.85 Å². The summed E-state index contributed by atoms with van der Waals surface area (Å²) in [5.74, 6) is -0.841. The van der Waals surface area contributed by atoms with E-state index in [9.17, 15) is 22.8 Å². The van der Waals surface area contributed by atoms with E-state index in [0.717, 1.165) is 25.7 Å². The molecule has 4 nitrogen and oxygen atoms in total. The minimum atomic E-state index is -4.39. The maximum Gasteiger partial charge on any atom is 2.00 e. The maximum absolute atomic E-state index is 12.4. The Bertz CT molecular complexity index is 794. The predicted octanol–water partition coefficient (Wildman–Crippen LogP) is 8.13. The van der Waals surface area contributed by atoms with Crippen LogP contribution in [0.5, 0.6) is 0 Å². The Hall–Kier alpha value is -1.49. The van der Waals surface area contributed by atoms with Crippen LogP contribution in [0, 0.1) is 27.3 Å². The summed E-state index contributed by atoms with van der Waals surface area (Å²) >= 11 is -0.255. The van der Waals surface area contributed by atoms with Crippen molar-refractivity contribution in [2.75, 3.05) is 6.61 Å². The van der Waals surface area contributed by atoms with Gasteiger partial charge in [-0.05, 0) is 36.7 Å². The van der Waals surface area contributed by atoms with Crippen LogP contribution in [-0.4, -0.2) is 29.4 Å². The number of esters is 1. The fraction of sp³-hybridized carbons (Fsp3) is 0.577. The van der Waals surface area contributed by atoms with Gasteiger partial charge in [0.2, 0.25) is 0 Å². The molecule has 1 aromatic carbocycles. The van der Waals surface area contributed by atoms with Crippen molar-refractivity contribution in [3.63, 3.8) is 0 Å². The van der Waals surface area contributed by atoms with Gasteiger partial charge in [-0.2, -0.15) is 13.2 Å². The first-order valence-electron chi connectivity index (χ1n) is 11.1. The molecule has 35 heavy (non-hydrogen) atoms. The van der Waals surface area contributed by atoms with Gasteiger partial charge in [-0.1, -0.05) is 57.1 Å². The molecule has 198 valence electrons. The largest absolute Gasteiger partial charge is 2.00 e. The zero-order chi connectivity index (χ0) is 23.6. The van der Waals surface area contributed by atoms with Gasteiger partial charge in [0.1, 0.15) is 0 Å². The number of nitrogens with zero attached hydrogens (tertiary/aromatic N) is 1. The van der Waals surface area contributed by atoms with Gasteiger partial charge < -0.3 is 24.4 Å². The normalized spacial score (nSPS) is 16.7. The van der Waals surface area contributed by atoms with Crippen molar-refractivity contribution in [2.45, 2.75) is 87.1 Å². The van der Waals surface area contributed by atoms with Crippen LogP contribution in [0.4, 0.5) is 13.2 Å². The molecule has 0 aromatic heterocycles. The van der Waals surface area contributed by atoms with E-state index in [4.69, 9.17) is 11.3 Å². The molecule has 9 heteroatoms. The van der Waals surface area contributed by atoms with Crippen LogP contribution in [0.15, 0.2) is 29.2 Å². The molecule has 0 spiro atoms. The molecule has 0 bridgehead atoms. The first-order valence-corrected chi connectivity index (χ1v) is 11.9. The first-order chi connectivity index (χ1) is 15.1. The molecule has 2 aliphatic carbocycles. The van der Waals surface area contributed by atoms with E-state index in [0.29, 0.717) is 0 Å². The molecule has 0 N–H and O–H groups in total. The third-order valence-electron chi connectivity index (χ3n) is 5.69. The second kappa shape index (κ2) is 17.1. The number of rotatable bonds is 7. The van der Waals surface area contributed by atoms with Crippen LogP contribution in [-0.2, 0) is 26.6 Å². The van der Waals surface area contributed by atoms with Crippen molar-refractivity contribution in [3.8, 4) is 0 Å². The molecule has 2 saturated carbocycles. The monoisotopic (exact) mass is 555 g/mol. The topological polar surface area (TPSA) is 47.7 Å². The summed E-state index contributed by atoms with van der Waals surface area (Å²) in [4.78, 5) is 27.8. The zero-order valence-corrected chi connectivity index (χ0v) is 22.7. The Labute approximate surface area is 223 Å². The summed E-state index contributed by atoms with van der Waals surface area (Å²) in [6, 6.07) is 5.07. The SMILES string of the molecule is C1CCCC1.[C-]#[N+]C(C)(COC(=O)C1CCCC1)CC(=O)c1ccc(SC(F)(F)F)cc1.[CH3-].[CH3-].[Fe+2]. The molecular formula is C26H36F3FeNO3S. The average Bonchev–Trinajstić information content (AvgIpc) is 3.48. The third-order valence-corrected chi connectivity index (χ3v) is 6.42. The molecule has 0 radical (unpaired) electrons. The fourth-order valence-corrected chi connectivity index (χ4v) is 4.34. The van der Waals surface area contributed by atoms with Crippen molar-refractivity contribution in [3.05, 3.63) is 56.1 Å². The summed E-state index contributed by atoms with van der Waals surface area (Å²) in [6.07, 6.45) is 10.9. The number of alkyl halides is 3. The van der Waals surface area contributed by atoms with Crippen LogP contribution in [0.3, 0.4) is 0 Å². The number of carbonyl (C=O) groups excluding carboxylic acids is 2.